The van der Waals surface area contributed by atoms with Crippen LogP contribution in [-0.2, 0) is 50.3 Å². The molecule has 0 spiro atoms. The van der Waals surface area contributed by atoms with Gasteiger partial charge in [0.15, 0.2) is 11.5 Å². The number of fused-ring (bicyclic) bond motifs is 2. The van der Waals surface area contributed by atoms with Crippen molar-refractivity contribution in [1.82, 2.24) is 61.9 Å². The van der Waals surface area contributed by atoms with E-state index in [-0.39, 0.29) is 43.1 Å². The molecule has 16 N–H and O–H groups in total. The van der Waals surface area contributed by atoms with Gasteiger partial charge < -0.3 is 101 Å². The molecular formula is C68H97N13O20S2. The van der Waals surface area contributed by atoms with Crippen LogP contribution in [-0.4, -0.2) is 274 Å². The number of benzene rings is 2. The number of aliphatic hydroxyl groups excluding tert-OH is 8. The Morgan fingerprint density at radius 3 is 2.03 bits per heavy atom. The lowest BCUT2D eigenvalue weighted by molar-refractivity contribution is -0.147. The number of anilines is 1. The topological polar surface area (TPSA) is 491 Å². The van der Waals surface area contributed by atoms with Gasteiger partial charge in [0, 0.05) is 80.9 Å². The zero-order valence-corrected chi connectivity index (χ0v) is 59.2. The third-order valence-electron chi connectivity index (χ3n) is 20.5. The third kappa shape index (κ3) is 20.4. The molecule has 0 bridgehead atoms. The molecular weight excluding hydrogens is 1380 g/mol. The minimum absolute atomic E-state index is 0.0197. The van der Waals surface area contributed by atoms with Crippen LogP contribution in [0.3, 0.4) is 0 Å². The zero-order valence-electron chi connectivity index (χ0n) is 57.6. The van der Waals surface area contributed by atoms with Crippen molar-refractivity contribution in [3.05, 3.63) is 65.4 Å². The molecule has 10 rings (SSSR count). The summed E-state index contributed by atoms with van der Waals surface area (Å²) < 4.78 is 43.6. The summed E-state index contributed by atoms with van der Waals surface area (Å²) in [6.07, 6.45) is 2.90. The summed E-state index contributed by atoms with van der Waals surface area (Å²) in [5, 5.41) is 126. The van der Waals surface area contributed by atoms with E-state index in [9.17, 15) is 82.9 Å². The number of ether oxygens (including phenoxy) is 1. The number of phenols is 1. The van der Waals surface area contributed by atoms with Crippen molar-refractivity contribution in [2.24, 2.45) is 11.8 Å². The van der Waals surface area contributed by atoms with Crippen molar-refractivity contribution in [3.63, 3.8) is 0 Å². The predicted molar refractivity (Wildman–Crippen MR) is 371 cm³/mol. The van der Waals surface area contributed by atoms with Crippen LogP contribution in [0.1, 0.15) is 120 Å². The van der Waals surface area contributed by atoms with E-state index in [1.165, 1.54) is 44.4 Å². The van der Waals surface area contributed by atoms with E-state index >= 15 is 4.79 Å². The van der Waals surface area contributed by atoms with Crippen molar-refractivity contribution in [2.45, 2.75) is 207 Å². The van der Waals surface area contributed by atoms with Gasteiger partial charge in [0.1, 0.15) is 40.2 Å². The Bertz CT molecular complexity index is 3630. The first kappa shape index (κ1) is 78.4. The monoisotopic (exact) mass is 1480 g/mol. The molecule has 6 amide bonds. The van der Waals surface area contributed by atoms with E-state index in [0.717, 1.165) is 106 Å². The molecule has 13 atom stereocenters. The van der Waals surface area contributed by atoms with Gasteiger partial charge in [-0.25, -0.2) is 9.97 Å². The van der Waals surface area contributed by atoms with Crippen molar-refractivity contribution in [3.8, 4) is 33.2 Å². The molecule has 6 heterocycles. The number of hydrogen-bond acceptors (Lipinski definition) is 27. The number of aromatic nitrogens is 4. The molecule has 566 valence electrons. The van der Waals surface area contributed by atoms with Crippen LogP contribution >= 0.6 is 11.3 Å². The molecule has 103 heavy (non-hydrogen) atoms. The summed E-state index contributed by atoms with van der Waals surface area (Å²) in [6, 6.07) is -0.828. The van der Waals surface area contributed by atoms with Crippen molar-refractivity contribution < 1.29 is 96.6 Å². The minimum Gasteiger partial charge on any atom is -0.504 e. The van der Waals surface area contributed by atoms with Crippen LogP contribution in [0.4, 0.5) is 5.95 Å². The van der Waals surface area contributed by atoms with Gasteiger partial charge in [-0.3, -0.25) is 33.3 Å². The normalized spacial score (nSPS) is 28.2. The van der Waals surface area contributed by atoms with Crippen LogP contribution < -0.4 is 41.0 Å². The Morgan fingerprint density at radius 2 is 1.36 bits per heavy atom. The highest BCUT2D eigenvalue weighted by Gasteiger charge is 2.50. The highest BCUT2D eigenvalue weighted by atomic mass is 32.3. The van der Waals surface area contributed by atoms with E-state index in [4.69, 9.17) is 14.7 Å². The Morgan fingerprint density at radius 1 is 0.709 bits per heavy atom. The number of β-amino-alcohol motifs (C(OH)–C–C–N with tert-alkyl or cyclic N) is 1. The summed E-state index contributed by atoms with van der Waals surface area (Å²) in [4.78, 5) is 102. The highest BCUT2D eigenvalue weighted by Crippen LogP contribution is 2.39. The van der Waals surface area contributed by atoms with Gasteiger partial charge in [0.2, 0.25) is 41.4 Å². The molecule has 0 radical (unpaired) electrons. The van der Waals surface area contributed by atoms with E-state index < -0.39 is 194 Å². The number of phenolic OH excluding ortho intramolecular Hbond substituents is 1. The molecule has 2 aromatic heterocycles. The molecule has 4 saturated heterocycles. The first-order valence-corrected chi connectivity index (χ1v) is 37.6. The maximum absolute atomic E-state index is 15.0. The molecule has 4 aliphatic heterocycles. The molecule has 6 aliphatic rings. The molecule has 2 aliphatic carbocycles. The largest absolute Gasteiger partial charge is 0.504 e. The van der Waals surface area contributed by atoms with Crippen molar-refractivity contribution in [1.29, 1.82) is 0 Å². The number of carbonyl (C=O) groups excluding carboxylic acids is 6. The Kier molecular flexibility index (Phi) is 27.2. The van der Waals surface area contributed by atoms with Gasteiger partial charge in [0.05, 0.1) is 74.1 Å². The van der Waals surface area contributed by atoms with Crippen molar-refractivity contribution >= 4 is 63.1 Å². The number of carbonyl (C=O) groups is 6. The first-order chi connectivity index (χ1) is 49.2. The number of aliphatic hydroxyl groups is 8. The number of amides is 6. The quantitative estimate of drug-likeness (QED) is 0.0389. The summed E-state index contributed by atoms with van der Waals surface area (Å²) >= 11 is 1.51. The Balaban J connectivity index is 0.835. The van der Waals surface area contributed by atoms with Crippen LogP contribution in [0.5, 0.6) is 11.5 Å². The molecule has 35 heteroatoms. The fourth-order valence-electron chi connectivity index (χ4n) is 14.5. The van der Waals surface area contributed by atoms with Crippen LogP contribution in [0.25, 0.3) is 21.7 Å². The minimum atomic E-state index is -5.23. The zero-order chi connectivity index (χ0) is 73.8. The average molecular weight is 1480 g/mol. The number of aromatic hydroxyl groups is 1. The molecule has 2 saturated carbocycles. The number of nitrogens with zero attached hydrogens (tertiary/aromatic N) is 7. The lowest BCUT2D eigenvalue weighted by Gasteiger charge is -2.34. The molecule has 2 aromatic carbocycles. The second-order valence-electron chi connectivity index (χ2n) is 28.1. The van der Waals surface area contributed by atoms with E-state index in [2.05, 4.69) is 51.2 Å². The average Bonchev–Trinajstić information content (AvgIpc) is 1.61. The Hall–Kier alpha value is -7.23. The number of nitrogens with one attached hydrogen (secondary N) is 6. The van der Waals surface area contributed by atoms with E-state index in [1.807, 2.05) is 36.7 Å². The van der Waals surface area contributed by atoms with Gasteiger partial charge in [-0.2, -0.15) is 8.42 Å². The molecule has 6 fully saturated rings. The molecule has 4 aromatic rings. The number of hydrogen-bond donors (Lipinski definition) is 16. The summed E-state index contributed by atoms with van der Waals surface area (Å²) in [6.45, 7) is 1.84. The number of piperidine rings is 1. The lowest BCUT2D eigenvalue weighted by atomic mass is 9.82. The standard InChI is InChI=1S/C68H97N13O20S2/c1-36-32-81-58(59(36)90)63(94)71-31-45(85)26-49(70-28-38-8-11-41(12-9-38)64-77-78-65(102-64)42-15-13-40(14-16-42)43-29-72-68(73-30-43)79-22-19-48(20-23-79)100-47-6-4-3-5-7-47)60(91)74-55(37(2)84)66(95)80-33-46(86)27-50(80)61(92)75-56(53(89)24-39-10-17-51(87)54(25-39)101-103(97,98)99)62(93)76-57(67(81)96)52(88)18-21-69-44(34-82)35-83/h10,13-17,25,29-30,36-38,41,44-50,52-53,55-59,69-70,82-90H,3-9,11-12,18-24,26-28,31-35H2,1-2H3,(H,71,94)(H,74,91)(H,75,92)(H,76,93)(H,97,98,99)/t36-,37+,38?,41?,45+,46+,49-,50-,52+,53+,55-,56-,57-,58-,59-/m0/s1. The fourth-order valence-corrected chi connectivity index (χ4v) is 15.9. The van der Waals surface area contributed by atoms with Crippen LogP contribution in [0, 0.1) is 11.8 Å². The van der Waals surface area contributed by atoms with E-state index in [1.54, 1.807) is 0 Å². The van der Waals surface area contributed by atoms with Gasteiger partial charge in [0.25, 0.3) is 0 Å². The van der Waals surface area contributed by atoms with Gasteiger partial charge in [-0.05, 0) is 113 Å². The summed E-state index contributed by atoms with van der Waals surface area (Å²) in [5.41, 5.74) is 2.65. The second kappa shape index (κ2) is 35.7. The molecule has 33 nitrogen and oxygen atoms in total. The van der Waals surface area contributed by atoms with E-state index in [0.29, 0.717) is 24.9 Å². The van der Waals surface area contributed by atoms with Crippen LogP contribution in [0.15, 0.2) is 54.9 Å². The summed E-state index contributed by atoms with van der Waals surface area (Å²) in [7, 11) is -5.23. The second-order valence-corrected chi connectivity index (χ2v) is 30.2. The maximum Gasteiger partial charge on any atom is 0.446 e. The fraction of sp³-hybridized carbons (Fsp3) is 0.647. The number of rotatable bonds is 22. The maximum atomic E-state index is 15.0. The first-order valence-electron chi connectivity index (χ1n) is 35.5. The Labute approximate surface area is 600 Å². The van der Waals surface area contributed by atoms with Crippen molar-refractivity contribution in [2.75, 3.05) is 63.9 Å². The SMILES string of the molecule is C[C@@H](O)[C@@H]1NC(=O)[C@@H](NCC2CCC(c3nnc(-c4ccc(-c5cnc(N6CCC(OC7CCCCC7)CC6)nc5)cc4)s3)CC2)C[C@@H](O)CNC(=O)[C@@H]2[C@@H](O)[C@@H](C)CN2C(=O)[C@H]([C@H](O)CCNC(CO)CO)NC(=O)[C@H]([C@H](O)Cc2ccc(O)c(OS(=O)(=O)O)c2)NC(=O)[C@@H]2C[C@@H](O)CN2C1=O. The predicted octanol–water partition coefficient (Wildman–Crippen LogP) is -1.72. The van der Waals surface area contributed by atoms with Gasteiger partial charge in [-0.15, -0.1) is 10.2 Å². The van der Waals surface area contributed by atoms with Gasteiger partial charge in [-0.1, -0.05) is 67.9 Å². The lowest BCUT2D eigenvalue weighted by Crippen LogP contribution is -2.64. The van der Waals surface area contributed by atoms with Crippen LogP contribution in [0.2, 0.25) is 0 Å². The third-order valence-corrected chi connectivity index (χ3v) is 22.0. The molecule has 0 unspecified atom stereocenters. The summed E-state index contributed by atoms with van der Waals surface area (Å²) in [5.74, 6) is -8.42. The smallest absolute Gasteiger partial charge is 0.446 e. The van der Waals surface area contributed by atoms with Gasteiger partial charge >= 0.3 is 10.4 Å². The highest BCUT2D eigenvalue weighted by molar-refractivity contribution is 7.81.